The molecule has 4 aliphatic heterocycles. The van der Waals surface area contributed by atoms with Gasteiger partial charge in [0.1, 0.15) is 13.6 Å². The van der Waals surface area contributed by atoms with Crippen LogP contribution in [0.3, 0.4) is 0 Å². The van der Waals surface area contributed by atoms with Gasteiger partial charge in [-0.3, -0.25) is 0 Å². The van der Waals surface area contributed by atoms with E-state index in [4.69, 9.17) is 37.9 Å². The molecule has 4 heterocycles. The molecule has 4 fully saturated rings. The molecule has 8 nitrogen and oxygen atoms in total. The molecule has 4 saturated heterocycles. The van der Waals surface area contributed by atoms with Gasteiger partial charge in [-0.1, -0.05) is 0 Å². The van der Waals surface area contributed by atoms with Crippen molar-refractivity contribution in [3.05, 3.63) is 0 Å². The summed E-state index contributed by atoms with van der Waals surface area (Å²) in [6.45, 7) is 21.8. The van der Waals surface area contributed by atoms with Gasteiger partial charge in [-0.2, -0.15) is 0 Å². The molecular formula is C24H42O8. The third kappa shape index (κ3) is 3.18. The lowest BCUT2D eigenvalue weighted by molar-refractivity contribution is -0.471. The Morgan fingerprint density at radius 3 is 1.56 bits per heavy atom. The SMILES string of the molecule is CC1OC(C2OC(C)(C)C3(C(C)OCOC3C)C(C)(C)O2)OC(C)C12COCOC2(C)C. The molecule has 8 heteroatoms. The fraction of sp³-hybridized carbons (Fsp3) is 1.00. The quantitative estimate of drug-likeness (QED) is 0.590. The summed E-state index contributed by atoms with van der Waals surface area (Å²) in [5, 5.41) is 0. The summed E-state index contributed by atoms with van der Waals surface area (Å²) >= 11 is 0. The van der Waals surface area contributed by atoms with Gasteiger partial charge in [0.25, 0.3) is 0 Å². The van der Waals surface area contributed by atoms with Crippen LogP contribution in [0.2, 0.25) is 0 Å². The Labute approximate surface area is 192 Å². The van der Waals surface area contributed by atoms with E-state index in [1.807, 2.05) is 0 Å². The van der Waals surface area contributed by atoms with Gasteiger partial charge in [-0.15, -0.1) is 0 Å². The first kappa shape index (κ1) is 24.8. The minimum absolute atomic E-state index is 0.121. The van der Waals surface area contributed by atoms with Crippen LogP contribution in [0.1, 0.15) is 69.2 Å². The maximum Gasteiger partial charge on any atom is 0.210 e. The Morgan fingerprint density at radius 2 is 1.09 bits per heavy atom. The van der Waals surface area contributed by atoms with Crippen molar-refractivity contribution in [2.24, 2.45) is 10.8 Å². The second-order valence-electron chi connectivity index (χ2n) is 11.3. The van der Waals surface area contributed by atoms with Crippen molar-refractivity contribution in [1.29, 1.82) is 0 Å². The van der Waals surface area contributed by atoms with Gasteiger partial charge < -0.3 is 37.9 Å². The third-order valence-corrected chi connectivity index (χ3v) is 9.05. The summed E-state index contributed by atoms with van der Waals surface area (Å²) in [7, 11) is 0. The molecular weight excluding hydrogens is 416 g/mol. The highest BCUT2D eigenvalue weighted by atomic mass is 16.8. The molecule has 4 aliphatic rings. The van der Waals surface area contributed by atoms with Gasteiger partial charge in [0, 0.05) is 0 Å². The predicted octanol–water partition coefficient (Wildman–Crippen LogP) is 3.60. The van der Waals surface area contributed by atoms with Gasteiger partial charge in [0.2, 0.25) is 12.6 Å². The van der Waals surface area contributed by atoms with Crippen molar-refractivity contribution in [1.82, 2.24) is 0 Å². The lowest BCUT2D eigenvalue weighted by atomic mass is 9.56. The molecule has 0 aromatic carbocycles. The first-order valence-electron chi connectivity index (χ1n) is 11.8. The Kier molecular flexibility index (Phi) is 6.08. The van der Waals surface area contributed by atoms with Crippen LogP contribution < -0.4 is 0 Å². The molecule has 4 atom stereocenters. The molecule has 0 amide bonds. The zero-order valence-corrected chi connectivity index (χ0v) is 21.4. The molecule has 0 aliphatic carbocycles. The van der Waals surface area contributed by atoms with Crippen LogP contribution in [-0.4, -0.2) is 74.0 Å². The smallest absolute Gasteiger partial charge is 0.210 e. The van der Waals surface area contributed by atoms with E-state index in [2.05, 4.69) is 69.2 Å². The van der Waals surface area contributed by atoms with E-state index in [1.165, 1.54) is 0 Å². The average Bonchev–Trinajstić information content (AvgIpc) is 2.64. The topological polar surface area (TPSA) is 73.8 Å². The molecule has 186 valence electrons. The number of hydrogen-bond donors (Lipinski definition) is 0. The van der Waals surface area contributed by atoms with Crippen LogP contribution in [-0.2, 0) is 37.9 Å². The van der Waals surface area contributed by atoms with Crippen molar-refractivity contribution < 1.29 is 37.9 Å². The van der Waals surface area contributed by atoms with E-state index in [9.17, 15) is 0 Å². The van der Waals surface area contributed by atoms with Crippen LogP contribution >= 0.6 is 0 Å². The number of hydrogen-bond acceptors (Lipinski definition) is 8. The van der Waals surface area contributed by atoms with E-state index < -0.39 is 40.2 Å². The fourth-order valence-electron chi connectivity index (χ4n) is 7.49. The van der Waals surface area contributed by atoms with Crippen LogP contribution in [0.25, 0.3) is 0 Å². The molecule has 0 aromatic rings. The van der Waals surface area contributed by atoms with Gasteiger partial charge in [-0.05, 0) is 69.2 Å². The van der Waals surface area contributed by atoms with Crippen molar-refractivity contribution in [3.8, 4) is 0 Å². The average molecular weight is 459 g/mol. The Bertz CT molecular complexity index is 662. The number of ether oxygens (including phenoxy) is 8. The zero-order valence-electron chi connectivity index (χ0n) is 21.4. The summed E-state index contributed by atoms with van der Waals surface area (Å²) in [6.07, 6.45) is -2.02. The van der Waals surface area contributed by atoms with Crippen LogP contribution in [0.5, 0.6) is 0 Å². The van der Waals surface area contributed by atoms with Crippen molar-refractivity contribution >= 4 is 0 Å². The minimum atomic E-state index is -0.706. The van der Waals surface area contributed by atoms with Gasteiger partial charge in [0.05, 0.1) is 58.7 Å². The molecule has 0 radical (unpaired) electrons. The Balaban J connectivity index is 1.61. The summed E-state index contributed by atoms with van der Waals surface area (Å²) in [6, 6.07) is 0. The molecule has 0 bridgehead atoms. The third-order valence-electron chi connectivity index (χ3n) is 9.05. The molecule has 32 heavy (non-hydrogen) atoms. The number of rotatable bonds is 1. The van der Waals surface area contributed by atoms with E-state index in [-0.39, 0.29) is 38.0 Å². The second-order valence-corrected chi connectivity index (χ2v) is 11.3. The molecule has 0 N–H and O–H groups in total. The first-order valence-corrected chi connectivity index (χ1v) is 11.8. The summed E-state index contributed by atoms with van der Waals surface area (Å²) in [4.78, 5) is 0. The highest BCUT2D eigenvalue weighted by Gasteiger charge is 2.70. The van der Waals surface area contributed by atoms with E-state index in [0.29, 0.717) is 6.61 Å². The van der Waals surface area contributed by atoms with E-state index >= 15 is 0 Å². The fourth-order valence-corrected chi connectivity index (χ4v) is 7.49. The molecule has 4 unspecified atom stereocenters. The normalized spacial score (nSPS) is 45.8. The Morgan fingerprint density at radius 1 is 0.594 bits per heavy atom. The highest BCUT2D eigenvalue weighted by molar-refractivity contribution is 5.15. The van der Waals surface area contributed by atoms with E-state index in [1.54, 1.807) is 0 Å². The first-order chi connectivity index (χ1) is 14.7. The van der Waals surface area contributed by atoms with Crippen LogP contribution in [0, 0.1) is 10.8 Å². The predicted molar refractivity (Wildman–Crippen MR) is 116 cm³/mol. The van der Waals surface area contributed by atoms with Crippen molar-refractivity contribution in [3.63, 3.8) is 0 Å². The van der Waals surface area contributed by atoms with E-state index in [0.717, 1.165) is 0 Å². The second kappa shape index (κ2) is 7.85. The van der Waals surface area contributed by atoms with Crippen LogP contribution in [0.4, 0.5) is 0 Å². The molecule has 0 saturated carbocycles. The maximum absolute atomic E-state index is 6.61. The van der Waals surface area contributed by atoms with Gasteiger partial charge in [0.15, 0.2) is 0 Å². The lowest BCUT2D eigenvalue weighted by Crippen LogP contribution is -2.77. The summed E-state index contributed by atoms with van der Waals surface area (Å²) in [5.74, 6) is 0. The standard InChI is InChI=1S/C24H42O8/c1-14-23(11-25-12-28-20(23,5)6)15(2)30-18(29-14)19-31-21(7,8)24(22(9,10)32-19)16(3)26-13-27-17(24)4/h14-19H,11-13H2,1-10H3. The lowest BCUT2D eigenvalue weighted by Gasteiger charge is -2.66. The highest BCUT2D eigenvalue weighted by Crippen LogP contribution is 2.58. The monoisotopic (exact) mass is 458 g/mol. The molecule has 4 rings (SSSR count). The van der Waals surface area contributed by atoms with Crippen molar-refractivity contribution in [2.75, 3.05) is 20.2 Å². The summed E-state index contributed by atoms with van der Waals surface area (Å²) < 4.78 is 49.7. The van der Waals surface area contributed by atoms with Gasteiger partial charge in [-0.25, -0.2) is 0 Å². The summed E-state index contributed by atoms with van der Waals surface area (Å²) in [5.41, 5.74) is -2.72. The van der Waals surface area contributed by atoms with Gasteiger partial charge >= 0.3 is 0 Å². The van der Waals surface area contributed by atoms with Crippen LogP contribution in [0.15, 0.2) is 0 Å². The zero-order chi connectivity index (χ0) is 23.7. The maximum atomic E-state index is 6.61. The van der Waals surface area contributed by atoms with Crippen molar-refractivity contribution in [2.45, 2.75) is 123 Å². The minimum Gasteiger partial charge on any atom is -0.354 e. The molecule has 2 spiro atoms. The Hall–Kier alpha value is -0.320. The molecule has 0 aromatic heterocycles. The largest absolute Gasteiger partial charge is 0.354 e.